The van der Waals surface area contributed by atoms with Crippen LogP contribution in [0.5, 0.6) is 0 Å². The van der Waals surface area contributed by atoms with Crippen LogP contribution in [0.1, 0.15) is 26.5 Å². The molecule has 2 amide bonds. The van der Waals surface area contributed by atoms with Crippen molar-refractivity contribution in [2.24, 2.45) is 0 Å². The predicted molar refractivity (Wildman–Crippen MR) is 100 cm³/mol. The fourth-order valence-electron chi connectivity index (χ4n) is 2.60. The van der Waals surface area contributed by atoms with Crippen molar-refractivity contribution in [1.29, 1.82) is 0 Å². The van der Waals surface area contributed by atoms with Crippen LogP contribution in [-0.2, 0) is 16.0 Å². The van der Waals surface area contributed by atoms with E-state index < -0.39 is 0 Å². The van der Waals surface area contributed by atoms with Gasteiger partial charge in [0.25, 0.3) is 5.91 Å². The molecule has 1 aliphatic heterocycles. The number of benzene rings is 1. The number of ether oxygens (including phenoxy) is 1. The summed E-state index contributed by atoms with van der Waals surface area (Å²) >= 11 is 1.33. The molecule has 2 N–H and O–H groups in total. The number of nitrogens with zero attached hydrogens (tertiary/aromatic N) is 2. The zero-order valence-electron chi connectivity index (χ0n) is 14.9. The van der Waals surface area contributed by atoms with Crippen molar-refractivity contribution in [3.05, 3.63) is 46.0 Å². The number of rotatable bonds is 4. The second kappa shape index (κ2) is 8.29. The van der Waals surface area contributed by atoms with Gasteiger partial charge in [0, 0.05) is 13.1 Å². The third kappa shape index (κ3) is 4.59. The smallest absolute Gasteiger partial charge is 0.281 e. The third-order valence-electron chi connectivity index (χ3n) is 4.07. The minimum absolute atomic E-state index is 0.210. The van der Waals surface area contributed by atoms with E-state index in [0.29, 0.717) is 23.8 Å². The maximum atomic E-state index is 12.4. The van der Waals surface area contributed by atoms with Crippen LogP contribution in [0.15, 0.2) is 24.3 Å². The Labute approximate surface area is 156 Å². The molecule has 1 aromatic heterocycles. The van der Waals surface area contributed by atoms with Gasteiger partial charge in [-0.3, -0.25) is 20.4 Å². The first kappa shape index (κ1) is 18.3. The second-order valence-electron chi connectivity index (χ2n) is 6.18. The standard InChI is InChI=1S/C18H22N4O3S/c1-12-3-5-14(6-4-12)11-15(23)20-21-17(24)16-13(2)19-18(26-16)22-7-9-25-10-8-22/h3-6H,7-11H2,1-2H3,(H,20,23)(H,21,24). The molecule has 0 saturated carbocycles. The van der Waals surface area contributed by atoms with Gasteiger partial charge in [-0.1, -0.05) is 41.2 Å². The maximum Gasteiger partial charge on any atom is 0.281 e. The van der Waals surface area contributed by atoms with Gasteiger partial charge in [-0.15, -0.1) is 0 Å². The number of thiazole rings is 1. The van der Waals surface area contributed by atoms with Crippen LogP contribution in [-0.4, -0.2) is 43.1 Å². The highest BCUT2D eigenvalue weighted by Gasteiger charge is 2.20. The lowest BCUT2D eigenvalue weighted by atomic mass is 10.1. The molecular weight excluding hydrogens is 352 g/mol. The van der Waals surface area contributed by atoms with Crippen LogP contribution in [0.4, 0.5) is 5.13 Å². The van der Waals surface area contributed by atoms with Crippen LogP contribution in [0.25, 0.3) is 0 Å². The molecule has 1 fully saturated rings. The number of aromatic nitrogens is 1. The molecule has 8 heteroatoms. The first-order valence-corrected chi connectivity index (χ1v) is 9.29. The molecule has 2 heterocycles. The van der Waals surface area contributed by atoms with Crippen molar-refractivity contribution >= 4 is 28.3 Å². The van der Waals surface area contributed by atoms with Crippen LogP contribution < -0.4 is 15.8 Å². The summed E-state index contributed by atoms with van der Waals surface area (Å²) in [5.41, 5.74) is 7.63. The van der Waals surface area contributed by atoms with Crippen LogP contribution in [0, 0.1) is 13.8 Å². The molecule has 0 radical (unpaired) electrons. The van der Waals surface area contributed by atoms with E-state index in [1.54, 1.807) is 6.92 Å². The molecule has 1 aromatic carbocycles. The number of carbonyl (C=O) groups excluding carboxylic acids is 2. The highest BCUT2D eigenvalue weighted by molar-refractivity contribution is 7.17. The molecule has 1 aliphatic rings. The number of anilines is 1. The highest BCUT2D eigenvalue weighted by atomic mass is 32.1. The molecule has 7 nitrogen and oxygen atoms in total. The Morgan fingerprint density at radius 1 is 1.15 bits per heavy atom. The van der Waals surface area contributed by atoms with Crippen molar-refractivity contribution in [3.8, 4) is 0 Å². The minimum Gasteiger partial charge on any atom is -0.378 e. The van der Waals surface area contributed by atoms with Gasteiger partial charge in [0.05, 0.1) is 25.3 Å². The molecule has 26 heavy (non-hydrogen) atoms. The number of hydrogen-bond donors (Lipinski definition) is 2. The molecule has 1 saturated heterocycles. The summed E-state index contributed by atoms with van der Waals surface area (Å²) in [6.07, 6.45) is 0.210. The number of aryl methyl sites for hydroxylation is 2. The molecule has 2 aromatic rings. The van der Waals surface area contributed by atoms with E-state index in [4.69, 9.17) is 4.74 Å². The topological polar surface area (TPSA) is 83.6 Å². The number of morpholine rings is 1. The van der Waals surface area contributed by atoms with Gasteiger partial charge in [0.15, 0.2) is 5.13 Å². The first-order valence-electron chi connectivity index (χ1n) is 8.48. The molecule has 0 aliphatic carbocycles. The van der Waals surface area contributed by atoms with Crippen molar-refractivity contribution in [2.75, 3.05) is 31.2 Å². The molecule has 0 bridgehead atoms. The Bertz CT molecular complexity index is 782. The van der Waals surface area contributed by atoms with Gasteiger partial charge in [-0.05, 0) is 19.4 Å². The molecule has 0 unspecified atom stereocenters. The van der Waals surface area contributed by atoms with Gasteiger partial charge in [-0.2, -0.15) is 0 Å². The molecule has 0 spiro atoms. The fourth-order valence-corrected chi connectivity index (χ4v) is 3.62. The van der Waals surface area contributed by atoms with Gasteiger partial charge >= 0.3 is 0 Å². The lowest BCUT2D eigenvalue weighted by Crippen LogP contribution is -2.42. The van der Waals surface area contributed by atoms with Gasteiger partial charge in [0.2, 0.25) is 5.91 Å². The lowest BCUT2D eigenvalue weighted by Gasteiger charge is -2.25. The van der Waals surface area contributed by atoms with Gasteiger partial charge < -0.3 is 9.64 Å². The fraction of sp³-hybridized carbons (Fsp3) is 0.389. The Kier molecular flexibility index (Phi) is 5.85. The number of hydrazine groups is 1. The average molecular weight is 374 g/mol. The van der Waals surface area contributed by atoms with E-state index in [2.05, 4.69) is 20.7 Å². The highest BCUT2D eigenvalue weighted by Crippen LogP contribution is 2.26. The Hall–Kier alpha value is -2.45. The zero-order chi connectivity index (χ0) is 18.5. The largest absolute Gasteiger partial charge is 0.378 e. The number of nitrogens with one attached hydrogen (secondary N) is 2. The quantitative estimate of drug-likeness (QED) is 0.795. The van der Waals surface area contributed by atoms with E-state index in [0.717, 1.165) is 29.3 Å². The Morgan fingerprint density at radius 2 is 1.85 bits per heavy atom. The van der Waals surface area contributed by atoms with Crippen LogP contribution in [0.2, 0.25) is 0 Å². The monoisotopic (exact) mass is 374 g/mol. The zero-order valence-corrected chi connectivity index (χ0v) is 15.7. The van der Waals surface area contributed by atoms with Crippen molar-refractivity contribution in [3.63, 3.8) is 0 Å². The minimum atomic E-state index is -0.350. The lowest BCUT2D eigenvalue weighted by molar-refractivity contribution is -0.121. The summed E-state index contributed by atoms with van der Waals surface area (Å²) in [7, 11) is 0. The van der Waals surface area contributed by atoms with Crippen molar-refractivity contribution < 1.29 is 14.3 Å². The summed E-state index contributed by atoms with van der Waals surface area (Å²) in [6.45, 7) is 6.64. The van der Waals surface area contributed by atoms with E-state index in [1.807, 2.05) is 31.2 Å². The second-order valence-corrected chi connectivity index (χ2v) is 7.15. The third-order valence-corrected chi connectivity index (χ3v) is 5.29. The van der Waals surface area contributed by atoms with Crippen LogP contribution >= 0.6 is 11.3 Å². The van der Waals surface area contributed by atoms with E-state index in [9.17, 15) is 9.59 Å². The van der Waals surface area contributed by atoms with Crippen LogP contribution in [0.3, 0.4) is 0 Å². The normalized spacial score (nSPS) is 14.2. The number of hydrogen-bond acceptors (Lipinski definition) is 6. The Morgan fingerprint density at radius 3 is 2.54 bits per heavy atom. The van der Waals surface area contributed by atoms with Gasteiger partial charge in [-0.25, -0.2) is 4.98 Å². The predicted octanol–water partition coefficient (Wildman–Crippen LogP) is 1.60. The molecular formula is C18H22N4O3S. The Balaban J connectivity index is 1.55. The SMILES string of the molecule is Cc1ccc(CC(=O)NNC(=O)c2sc(N3CCOCC3)nc2C)cc1. The summed E-state index contributed by atoms with van der Waals surface area (Å²) in [6, 6.07) is 7.71. The molecule has 0 atom stereocenters. The van der Waals surface area contributed by atoms with Gasteiger partial charge in [0.1, 0.15) is 4.88 Å². The van der Waals surface area contributed by atoms with E-state index in [-0.39, 0.29) is 18.2 Å². The average Bonchev–Trinajstić information content (AvgIpc) is 3.04. The summed E-state index contributed by atoms with van der Waals surface area (Å²) in [5, 5.41) is 0.807. The van der Waals surface area contributed by atoms with E-state index >= 15 is 0 Å². The molecule has 138 valence electrons. The number of carbonyl (C=O) groups is 2. The van der Waals surface area contributed by atoms with E-state index in [1.165, 1.54) is 11.3 Å². The molecule has 3 rings (SSSR count). The van der Waals surface area contributed by atoms with Crippen molar-refractivity contribution in [1.82, 2.24) is 15.8 Å². The maximum absolute atomic E-state index is 12.4. The summed E-state index contributed by atoms with van der Waals surface area (Å²) in [4.78, 5) is 31.5. The summed E-state index contributed by atoms with van der Waals surface area (Å²) < 4.78 is 5.33. The number of amides is 2. The van der Waals surface area contributed by atoms with Crippen molar-refractivity contribution in [2.45, 2.75) is 20.3 Å². The first-order chi connectivity index (χ1) is 12.5. The summed E-state index contributed by atoms with van der Waals surface area (Å²) in [5.74, 6) is -0.616.